The van der Waals surface area contributed by atoms with Gasteiger partial charge < -0.3 is 15.0 Å². The Morgan fingerprint density at radius 1 is 1.19 bits per heavy atom. The molecule has 0 aromatic rings. The molecule has 0 aromatic carbocycles. The van der Waals surface area contributed by atoms with Crippen molar-refractivity contribution in [2.75, 3.05) is 39.4 Å². The summed E-state index contributed by atoms with van der Waals surface area (Å²) in [4.78, 5) is 27.6. The second-order valence-corrected chi connectivity index (χ2v) is 6.94. The summed E-state index contributed by atoms with van der Waals surface area (Å²) in [7, 11) is 0. The van der Waals surface area contributed by atoms with Crippen LogP contribution >= 0.6 is 0 Å². The summed E-state index contributed by atoms with van der Waals surface area (Å²) < 4.78 is 42.4. The third kappa shape index (κ3) is 6.42. The van der Waals surface area contributed by atoms with E-state index in [1.54, 1.807) is 0 Å². The second-order valence-electron chi connectivity index (χ2n) is 6.94. The van der Waals surface area contributed by atoms with Crippen molar-refractivity contribution in [2.24, 2.45) is 0 Å². The molecule has 1 unspecified atom stereocenters. The van der Waals surface area contributed by atoms with Crippen LogP contribution in [0.3, 0.4) is 0 Å². The van der Waals surface area contributed by atoms with Gasteiger partial charge >= 0.3 is 6.18 Å². The number of halogens is 3. The van der Waals surface area contributed by atoms with Crippen molar-refractivity contribution in [1.29, 1.82) is 0 Å². The number of unbranched alkanes of at least 4 members (excludes halogenated alkanes) is 1. The van der Waals surface area contributed by atoms with E-state index in [9.17, 15) is 22.8 Å². The topological polar surface area (TPSA) is 61.9 Å². The number of hydrogen-bond acceptors (Lipinski definition) is 4. The third-order valence-corrected chi connectivity index (χ3v) is 4.89. The standard InChI is InChI=1S/C17H28F3N3O3/c1-2-3-6-22-9-10-26-12-14(22)16(25)21-13-4-7-23(8-5-13)15(24)11-17(18,19)20/h13-14H,2-12H2,1H3,(H,21,25). The first kappa shape index (κ1) is 21.0. The van der Waals surface area contributed by atoms with Crippen LogP contribution in [-0.4, -0.2) is 79.3 Å². The van der Waals surface area contributed by atoms with E-state index in [0.717, 1.165) is 25.9 Å². The fourth-order valence-electron chi connectivity index (χ4n) is 3.36. The number of hydrogen-bond donors (Lipinski definition) is 1. The van der Waals surface area contributed by atoms with E-state index in [1.807, 2.05) is 0 Å². The van der Waals surface area contributed by atoms with Crippen LogP contribution in [0, 0.1) is 0 Å². The van der Waals surface area contributed by atoms with Gasteiger partial charge in [-0.05, 0) is 25.8 Å². The lowest BCUT2D eigenvalue weighted by molar-refractivity contribution is -0.162. The number of nitrogens with zero attached hydrogens (tertiary/aromatic N) is 2. The highest BCUT2D eigenvalue weighted by atomic mass is 19.4. The minimum atomic E-state index is -4.48. The van der Waals surface area contributed by atoms with Crippen molar-refractivity contribution >= 4 is 11.8 Å². The molecular weight excluding hydrogens is 351 g/mol. The van der Waals surface area contributed by atoms with E-state index in [4.69, 9.17) is 4.74 Å². The molecule has 2 heterocycles. The van der Waals surface area contributed by atoms with Gasteiger partial charge in [0.15, 0.2) is 0 Å². The Balaban J connectivity index is 1.79. The molecule has 1 N–H and O–H groups in total. The highest BCUT2D eigenvalue weighted by Crippen LogP contribution is 2.22. The van der Waals surface area contributed by atoms with Crippen LogP contribution in [0.4, 0.5) is 13.2 Å². The van der Waals surface area contributed by atoms with Crippen LogP contribution in [0.2, 0.25) is 0 Å². The predicted octanol–water partition coefficient (Wildman–Crippen LogP) is 1.55. The van der Waals surface area contributed by atoms with E-state index >= 15 is 0 Å². The molecule has 0 aromatic heterocycles. The van der Waals surface area contributed by atoms with Crippen LogP contribution in [0.15, 0.2) is 0 Å². The van der Waals surface area contributed by atoms with Crippen LogP contribution in [0.25, 0.3) is 0 Å². The Bertz CT molecular complexity index is 480. The molecule has 0 aliphatic carbocycles. The Hall–Kier alpha value is -1.35. The first-order valence-electron chi connectivity index (χ1n) is 9.27. The number of rotatable bonds is 6. The molecule has 150 valence electrons. The monoisotopic (exact) mass is 379 g/mol. The zero-order valence-electron chi connectivity index (χ0n) is 15.2. The molecule has 2 aliphatic rings. The summed E-state index contributed by atoms with van der Waals surface area (Å²) in [6.45, 7) is 5.13. The van der Waals surface area contributed by atoms with Gasteiger partial charge in [-0.3, -0.25) is 14.5 Å². The predicted molar refractivity (Wildman–Crippen MR) is 89.5 cm³/mol. The van der Waals surface area contributed by atoms with Crippen LogP contribution < -0.4 is 5.32 Å². The lowest BCUT2D eigenvalue weighted by atomic mass is 10.0. The maximum absolute atomic E-state index is 12.6. The van der Waals surface area contributed by atoms with Gasteiger partial charge in [0.25, 0.3) is 0 Å². The van der Waals surface area contributed by atoms with Crippen molar-refractivity contribution in [2.45, 2.75) is 57.3 Å². The maximum atomic E-state index is 12.6. The quantitative estimate of drug-likeness (QED) is 0.761. The Morgan fingerprint density at radius 3 is 2.50 bits per heavy atom. The van der Waals surface area contributed by atoms with Crippen molar-refractivity contribution < 1.29 is 27.5 Å². The van der Waals surface area contributed by atoms with Crippen molar-refractivity contribution in [3.63, 3.8) is 0 Å². The fraction of sp³-hybridized carbons (Fsp3) is 0.882. The number of carbonyl (C=O) groups is 2. The molecule has 26 heavy (non-hydrogen) atoms. The zero-order chi connectivity index (χ0) is 19.2. The summed E-state index contributed by atoms with van der Waals surface area (Å²) in [6, 6.07) is -0.437. The minimum Gasteiger partial charge on any atom is -0.378 e. The number of alkyl halides is 3. The number of piperidine rings is 1. The zero-order valence-corrected chi connectivity index (χ0v) is 15.2. The maximum Gasteiger partial charge on any atom is 0.397 e. The number of carbonyl (C=O) groups excluding carboxylic acids is 2. The van der Waals surface area contributed by atoms with Gasteiger partial charge in [-0.25, -0.2) is 0 Å². The molecule has 2 saturated heterocycles. The molecular formula is C17H28F3N3O3. The SMILES string of the molecule is CCCCN1CCOCC1C(=O)NC1CCN(C(=O)CC(F)(F)F)CC1. The minimum absolute atomic E-state index is 0.0964. The average Bonchev–Trinajstić information content (AvgIpc) is 2.59. The van der Waals surface area contributed by atoms with Gasteiger partial charge in [-0.15, -0.1) is 0 Å². The molecule has 0 radical (unpaired) electrons. The number of ether oxygens (including phenoxy) is 1. The summed E-state index contributed by atoms with van der Waals surface area (Å²) >= 11 is 0. The Morgan fingerprint density at radius 2 is 1.88 bits per heavy atom. The van der Waals surface area contributed by atoms with Crippen molar-refractivity contribution in [3.8, 4) is 0 Å². The summed E-state index contributed by atoms with van der Waals surface area (Å²) in [5.74, 6) is -0.991. The van der Waals surface area contributed by atoms with Crippen LogP contribution in [0.1, 0.15) is 39.0 Å². The van der Waals surface area contributed by atoms with Crippen molar-refractivity contribution in [1.82, 2.24) is 15.1 Å². The average molecular weight is 379 g/mol. The highest BCUT2D eigenvalue weighted by Gasteiger charge is 2.35. The van der Waals surface area contributed by atoms with E-state index in [2.05, 4.69) is 17.1 Å². The number of morpholine rings is 1. The van der Waals surface area contributed by atoms with Crippen molar-refractivity contribution in [3.05, 3.63) is 0 Å². The number of nitrogens with one attached hydrogen (secondary N) is 1. The molecule has 0 bridgehead atoms. The third-order valence-electron chi connectivity index (χ3n) is 4.89. The van der Waals surface area contributed by atoms with Gasteiger partial charge in [0.1, 0.15) is 12.5 Å². The molecule has 9 heteroatoms. The first-order chi connectivity index (χ1) is 12.3. The smallest absolute Gasteiger partial charge is 0.378 e. The molecule has 2 amide bonds. The van der Waals surface area contributed by atoms with Gasteiger partial charge in [0.2, 0.25) is 11.8 Å². The Kier molecular flexibility index (Phi) is 7.69. The molecule has 1 atom stereocenters. The molecule has 0 saturated carbocycles. The van der Waals surface area contributed by atoms with E-state index in [-0.39, 0.29) is 31.1 Å². The van der Waals surface area contributed by atoms with Gasteiger partial charge in [0.05, 0.1) is 13.2 Å². The summed E-state index contributed by atoms with van der Waals surface area (Å²) in [5.41, 5.74) is 0. The molecule has 2 fully saturated rings. The van der Waals surface area contributed by atoms with Gasteiger partial charge in [-0.1, -0.05) is 13.3 Å². The first-order valence-corrected chi connectivity index (χ1v) is 9.27. The number of amides is 2. The highest BCUT2D eigenvalue weighted by molar-refractivity contribution is 5.82. The van der Waals surface area contributed by atoms with E-state index in [0.29, 0.717) is 26.1 Å². The Labute approximate surface area is 152 Å². The largest absolute Gasteiger partial charge is 0.397 e. The second kappa shape index (κ2) is 9.55. The molecule has 6 nitrogen and oxygen atoms in total. The van der Waals surface area contributed by atoms with Crippen LogP contribution in [0.5, 0.6) is 0 Å². The lowest BCUT2D eigenvalue weighted by Gasteiger charge is -2.37. The molecule has 2 aliphatic heterocycles. The summed E-state index contributed by atoms with van der Waals surface area (Å²) in [5, 5.41) is 2.98. The van der Waals surface area contributed by atoms with Crippen LogP contribution in [-0.2, 0) is 14.3 Å². The fourth-order valence-corrected chi connectivity index (χ4v) is 3.36. The normalized spacial score (nSPS) is 23.1. The lowest BCUT2D eigenvalue weighted by Crippen LogP contribution is -2.57. The molecule has 2 rings (SSSR count). The molecule has 0 spiro atoms. The van der Waals surface area contributed by atoms with Gasteiger partial charge in [0, 0.05) is 25.7 Å². The summed E-state index contributed by atoms with van der Waals surface area (Å²) in [6.07, 6.45) is -2.89. The number of likely N-dealkylation sites (tertiary alicyclic amines) is 1. The van der Waals surface area contributed by atoms with Gasteiger partial charge in [-0.2, -0.15) is 13.2 Å². The van der Waals surface area contributed by atoms with E-state index < -0.39 is 18.5 Å². The van der Waals surface area contributed by atoms with E-state index in [1.165, 1.54) is 4.90 Å².